The quantitative estimate of drug-likeness (QED) is 0.613. The first-order chi connectivity index (χ1) is 10.3. The average molecular weight is 278 g/mol. The number of rotatable bonds is 2. The van der Waals surface area contributed by atoms with E-state index < -0.39 is 0 Å². The molecule has 5 nitrogen and oxygen atoms in total. The molecule has 21 heavy (non-hydrogen) atoms. The smallest absolute Gasteiger partial charge is 0.128 e. The number of aromatic nitrogens is 4. The first-order valence-electron chi connectivity index (χ1n) is 6.70. The molecule has 0 amide bonds. The fraction of sp³-hybridized carbons (Fsp3) is 0.125. The number of nitrogens with one attached hydrogen (secondary N) is 1. The van der Waals surface area contributed by atoms with Gasteiger partial charge in [-0.05, 0) is 18.2 Å². The van der Waals surface area contributed by atoms with Crippen molar-refractivity contribution in [2.45, 2.75) is 0 Å². The minimum atomic E-state index is 0.863. The Kier molecular flexibility index (Phi) is 2.47. The molecule has 0 spiro atoms. The van der Waals surface area contributed by atoms with Gasteiger partial charge < -0.3 is 9.72 Å². The standard InChI is InChI=1S/C16H14N4O/c1-20-9-10(7-18-20)13-6-11-14(8-17-13)19-12-4-3-5-15(21-2)16(11)12/h3-9,19H,1-2H3. The lowest BCUT2D eigenvalue weighted by atomic mass is 10.1. The first kappa shape index (κ1) is 12.0. The van der Waals surface area contributed by atoms with Crippen LogP contribution in [0, 0.1) is 0 Å². The van der Waals surface area contributed by atoms with Gasteiger partial charge in [0.05, 0.1) is 36.2 Å². The number of aromatic amines is 1. The molecule has 1 N–H and O–H groups in total. The van der Waals surface area contributed by atoms with E-state index in [2.05, 4.69) is 21.1 Å². The molecule has 5 heteroatoms. The Morgan fingerprint density at radius 3 is 2.86 bits per heavy atom. The highest BCUT2D eigenvalue weighted by Gasteiger charge is 2.11. The Balaban J connectivity index is 2.03. The van der Waals surface area contributed by atoms with Crippen molar-refractivity contribution in [1.29, 1.82) is 0 Å². The van der Waals surface area contributed by atoms with E-state index in [0.29, 0.717) is 0 Å². The van der Waals surface area contributed by atoms with Crippen LogP contribution >= 0.6 is 0 Å². The highest BCUT2D eigenvalue weighted by molar-refractivity contribution is 6.11. The topological polar surface area (TPSA) is 55.7 Å². The number of aryl methyl sites for hydroxylation is 1. The fourth-order valence-corrected chi connectivity index (χ4v) is 2.70. The highest BCUT2D eigenvalue weighted by Crippen LogP contribution is 2.34. The average Bonchev–Trinajstić information content (AvgIpc) is 3.09. The number of hydrogen-bond acceptors (Lipinski definition) is 3. The molecule has 4 aromatic rings. The largest absolute Gasteiger partial charge is 0.496 e. The van der Waals surface area contributed by atoms with Gasteiger partial charge in [-0.2, -0.15) is 5.10 Å². The van der Waals surface area contributed by atoms with Gasteiger partial charge in [0.2, 0.25) is 0 Å². The van der Waals surface area contributed by atoms with Crippen molar-refractivity contribution in [2.24, 2.45) is 7.05 Å². The number of hydrogen-bond donors (Lipinski definition) is 1. The molecule has 0 bridgehead atoms. The van der Waals surface area contributed by atoms with Crippen LogP contribution in [-0.4, -0.2) is 26.9 Å². The Bertz CT molecular complexity index is 951. The summed E-state index contributed by atoms with van der Waals surface area (Å²) in [6.45, 7) is 0. The van der Waals surface area contributed by atoms with Crippen LogP contribution in [0.3, 0.4) is 0 Å². The van der Waals surface area contributed by atoms with Crippen LogP contribution in [0.15, 0.2) is 42.9 Å². The zero-order valence-electron chi connectivity index (χ0n) is 11.8. The molecule has 0 saturated carbocycles. The van der Waals surface area contributed by atoms with Crippen LogP contribution in [-0.2, 0) is 7.05 Å². The number of H-pyrrole nitrogens is 1. The molecule has 4 rings (SSSR count). The van der Waals surface area contributed by atoms with Gasteiger partial charge >= 0.3 is 0 Å². The van der Waals surface area contributed by atoms with E-state index in [1.807, 2.05) is 43.8 Å². The van der Waals surface area contributed by atoms with Gasteiger partial charge in [-0.25, -0.2) is 0 Å². The van der Waals surface area contributed by atoms with E-state index in [1.165, 1.54) is 0 Å². The summed E-state index contributed by atoms with van der Waals surface area (Å²) in [5.74, 6) is 0.863. The SMILES string of the molecule is COc1cccc2[nH]c3cnc(-c4cnn(C)c4)cc3c12. The summed E-state index contributed by atoms with van der Waals surface area (Å²) in [6.07, 6.45) is 5.64. The van der Waals surface area contributed by atoms with Gasteiger partial charge in [-0.3, -0.25) is 9.67 Å². The molecular formula is C16H14N4O. The molecule has 3 aromatic heterocycles. The van der Waals surface area contributed by atoms with E-state index >= 15 is 0 Å². The number of fused-ring (bicyclic) bond motifs is 3. The van der Waals surface area contributed by atoms with Crippen molar-refractivity contribution in [3.8, 4) is 17.0 Å². The molecule has 0 aliphatic heterocycles. The van der Waals surface area contributed by atoms with Crippen LogP contribution in [0.2, 0.25) is 0 Å². The maximum Gasteiger partial charge on any atom is 0.128 e. The van der Waals surface area contributed by atoms with Crippen LogP contribution in [0.4, 0.5) is 0 Å². The lowest BCUT2D eigenvalue weighted by Crippen LogP contribution is -1.85. The van der Waals surface area contributed by atoms with Crippen molar-refractivity contribution in [3.05, 3.63) is 42.9 Å². The Labute approximate surface area is 121 Å². The van der Waals surface area contributed by atoms with Gasteiger partial charge in [-0.15, -0.1) is 0 Å². The molecule has 0 fully saturated rings. The summed E-state index contributed by atoms with van der Waals surface area (Å²) in [7, 11) is 3.59. The normalized spacial score (nSPS) is 11.3. The summed E-state index contributed by atoms with van der Waals surface area (Å²) in [4.78, 5) is 7.89. The van der Waals surface area contributed by atoms with Crippen molar-refractivity contribution in [3.63, 3.8) is 0 Å². The van der Waals surface area contributed by atoms with Crippen LogP contribution in [0.5, 0.6) is 5.75 Å². The monoisotopic (exact) mass is 278 g/mol. The second-order valence-electron chi connectivity index (χ2n) is 5.03. The second-order valence-corrected chi connectivity index (χ2v) is 5.03. The lowest BCUT2D eigenvalue weighted by Gasteiger charge is -2.02. The minimum absolute atomic E-state index is 0.863. The van der Waals surface area contributed by atoms with E-state index in [1.54, 1.807) is 11.8 Å². The van der Waals surface area contributed by atoms with E-state index in [4.69, 9.17) is 4.74 Å². The van der Waals surface area contributed by atoms with Gasteiger partial charge in [-0.1, -0.05) is 6.07 Å². The van der Waals surface area contributed by atoms with E-state index in [-0.39, 0.29) is 0 Å². The summed E-state index contributed by atoms with van der Waals surface area (Å²) >= 11 is 0. The Morgan fingerprint density at radius 2 is 2.10 bits per heavy atom. The molecule has 1 aromatic carbocycles. The third-order valence-electron chi connectivity index (χ3n) is 3.69. The molecule has 0 radical (unpaired) electrons. The molecule has 0 unspecified atom stereocenters. The maximum atomic E-state index is 5.49. The number of ether oxygens (including phenoxy) is 1. The third-order valence-corrected chi connectivity index (χ3v) is 3.69. The zero-order chi connectivity index (χ0) is 14.4. The molecule has 0 aliphatic rings. The summed E-state index contributed by atoms with van der Waals surface area (Å²) in [5, 5.41) is 6.39. The molecular weight excluding hydrogens is 264 g/mol. The number of methoxy groups -OCH3 is 1. The fourth-order valence-electron chi connectivity index (χ4n) is 2.70. The van der Waals surface area contributed by atoms with Gasteiger partial charge in [0.25, 0.3) is 0 Å². The first-order valence-corrected chi connectivity index (χ1v) is 6.70. The Morgan fingerprint density at radius 1 is 1.19 bits per heavy atom. The van der Waals surface area contributed by atoms with Crippen molar-refractivity contribution in [2.75, 3.05) is 7.11 Å². The molecule has 3 heterocycles. The summed E-state index contributed by atoms with van der Waals surface area (Å²) in [6, 6.07) is 8.07. The number of nitrogens with zero attached hydrogens (tertiary/aromatic N) is 3. The lowest BCUT2D eigenvalue weighted by molar-refractivity contribution is 0.420. The van der Waals surface area contributed by atoms with Gasteiger partial charge in [0.1, 0.15) is 5.75 Å². The highest BCUT2D eigenvalue weighted by atomic mass is 16.5. The van der Waals surface area contributed by atoms with Crippen molar-refractivity contribution < 1.29 is 4.74 Å². The van der Waals surface area contributed by atoms with Crippen LogP contribution < -0.4 is 4.74 Å². The maximum absolute atomic E-state index is 5.49. The van der Waals surface area contributed by atoms with E-state index in [9.17, 15) is 0 Å². The third kappa shape index (κ3) is 1.78. The molecule has 0 atom stereocenters. The predicted molar refractivity (Wildman–Crippen MR) is 82.4 cm³/mol. The molecule has 0 aliphatic carbocycles. The van der Waals surface area contributed by atoms with Crippen molar-refractivity contribution in [1.82, 2.24) is 19.7 Å². The Hall–Kier alpha value is -2.82. The zero-order valence-corrected chi connectivity index (χ0v) is 11.8. The second kappa shape index (κ2) is 4.34. The van der Waals surface area contributed by atoms with Crippen molar-refractivity contribution >= 4 is 21.8 Å². The van der Waals surface area contributed by atoms with Crippen LogP contribution in [0.25, 0.3) is 33.1 Å². The van der Waals surface area contributed by atoms with E-state index in [0.717, 1.165) is 38.8 Å². The molecule has 104 valence electrons. The number of benzene rings is 1. The summed E-state index contributed by atoms with van der Waals surface area (Å²) < 4.78 is 7.26. The van der Waals surface area contributed by atoms with Crippen LogP contribution in [0.1, 0.15) is 0 Å². The minimum Gasteiger partial charge on any atom is -0.496 e. The molecule has 0 saturated heterocycles. The van der Waals surface area contributed by atoms with Gasteiger partial charge in [0, 0.05) is 29.6 Å². The number of pyridine rings is 1. The summed E-state index contributed by atoms with van der Waals surface area (Å²) in [5.41, 5.74) is 3.96. The van der Waals surface area contributed by atoms with Gasteiger partial charge in [0.15, 0.2) is 0 Å². The predicted octanol–water partition coefficient (Wildman–Crippen LogP) is 3.13.